The Morgan fingerprint density at radius 3 is 2.76 bits per heavy atom. The highest BCUT2D eigenvalue weighted by molar-refractivity contribution is 5.98. The number of rotatable bonds is 6. The van der Waals surface area contributed by atoms with Crippen LogP contribution in [0.15, 0.2) is 30.3 Å². The lowest BCUT2D eigenvalue weighted by Gasteiger charge is -2.30. The van der Waals surface area contributed by atoms with Gasteiger partial charge in [-0.2, -0.15) is 5.26 Å². The lowest BCUT2D eigenvalue weighted by atomic mass is 10.2. The fourth-order valence-corrected chi connectivity index (χ4v) is 3.24. The van der Waals surface area contributed by atoms with E-state index in [9.17, 15) is 4.79 Å². The first-order valence-electron chi connectivity index (χ1n) is 8.71. The summed E-state index contributed by atoms with van der Waals surface area (Å²) in [6, 6.07) is 12.1. The number of carbonyl (C=O) groups excluding carboxylic acids is 1. The molecule has 25 heavy (non-hydrogen) atoms. The largest absolute Gasteiger partial charge is 0.379 e. The molecule has 0 spiro atoms. The van der Waals surface area contributed by atoms with Gasteiger partial charge in [-0.15, -0.1) is 0 Å². The summed E-state index contributed by atoms with van der Waals surface area (Å²) in [7, 11) is 1.92. The Labute approximate surface area is 148 Å². The minimum atomic E-state index is -0.0118. The third kappa shape index (κ3) is 4.01. The normalized spacial score (nSPS) is 15.2. The Balaban J connectivity index is 1.75. The van der Waals surface area contributed by atoms with Crippen molar-refractivity contribution in [3.05, 3.63) is 36.0 Å². The number of fused-ring (bicyclic) bond motifs is 1. The minimum Gasteiger partial charge on any atom is -0.379 e. The van der Waals surface area contributed by atoms with E-state index in [1.807, 2.05) is 41.9 Å². The van der Waals surface area contributed by atoms with Crippen LogP contribution in [0.5, 0.6) is 0 Å². The highest BCUT2D eigenvalue weighted by Gasteiger charge is 2.21. The zero-order valence-electron chi connectivity index (χ0n) is 14.6. The van der Waals surface area contributed by atoms with Crippen molar-refractivity contribution < 1.29 is 9.53 Å². The molecular weight excluding hydrogens is 316 g/mol. The second-order valence-corrected chi connectivity index (χ2v) is 6.30. The van der Waals surface area contributed by atoms with Crippen LogP contribution in [0.3, 0.4) is 0 Å². The van der Waals surface area contributed by atoms with Crippen molar-refractivity contribution in [3.63, 3.8) is 0 Å². The first-order chi connectivity index (χ1) is 12.2. The number of nitrogens with zero attached hydrogens (tertiary/aromatic N) is 4. The molecule has 0 aliphatic carbocycles. The van der Waals surface area contributed by atoms with Crippen LogP contribution in [0.4, 0.5) is 0 Å². The van der Waals surface area contributed by atoms with Crippen molar-refractivity contribution in [3.8, 4) is 6.07 Å². The molecule has 1 aliphatic heterocycles. The topological polar surface area (TPSA) is 61.5 Å². The molecule has 0 radical (unpaired) electrons. The van der Waals surface area contributed by atoms with Gasteiger partial charge in [0.1, 0.15) is 5.69 Å². The van der Waals surface area contributed by atoms with E-state index in [1.54, 1.807) is 4.90 Å². The van der Waals surface area contributed by atoms with Gasteiger partial charge in [-0.25, -0.2) is 0 Å². The molecule has 1 saturated heterocycles. The second kappa shape index (κ2) is 8.15. The minimum absolute atomic E-state index is 0.0118. The van der Waals surface area contributed by atoms with E-state index in [2.05, 4.69) is 11.0 Å². The Morgan fingerprint density at radius 1 is 1.28 bits per heavy atom. The Hall–Kier alpha value is -2.36. The fourth-order valence-electron chi connectivity index (χ4n) is 3.24. The zero-order chi connectivity index (χ0) is 17.6. The van der Waals surface area contributed by atoms with Gasteiger partial charge in [0.25, 0.3) is 5.91 Å². The first-order valence-corrected chi connectivity index (χ1v) is 8.71. The van der Waals surface area contributed by atoms with Crippen molar-refractivity contribution in [1.29, 1.82) is 5.26 Å². The van der Waals surface area contributed by atoms with Crippen LogP contribution < -0.4 is 0 Å². The summed E-state index contributed by atoms with van der Waals surface area (Å²) in [5.41, 5.74) is 1.71. The summed E-state index contributed by atoms with van der Waals surface area (Å²) in [5, 5.41) is 9.99. The van der Waals surface area contributed by atoms with E-state index < -0.39 is 0 Å². The van der Waals surface area contributed by atoms with Crippen molar-refractivity contribution >= 4 is 16.8 Å². The Morgan fingerprint density at radius 2 is 2.04 bits per heavy atom. The molecule has 0 atom stereocenters. The van der Waals surface area contributed by atoms with Crippen molar-refractivity contribution in [2.45, 2.75) is 6.42 Å². The van der Waals surface area contributed by atoms with Crippen molar-refractivity contribution in [2.75, 3.05) is 45.9 Å². The second-order valence-electron chi connectivity index (χ2n) is 6.30. The lowest BCUT2D eigenvalue weighted by molar-refractivity contribution is 0.0325. The zero-order valence-corrected chi connectivity index (χ0v) is 14.6. The summed E-state index contributed by atoms with van der Waals surface area (Å²) in [6.45, 7) is 5.18. The molecule has 1 aliphatic rings. The average molecular weight is 340 g/mol. The molecule has 0 unspecified atom stereocenters. The molecule has 2 aromatic rings. The van der Waals surface area contributed by atoms with Gasteiger partial charge in [-0.1, -0.05) is 18.2 Å². The van der Waals surface area contributed by atoms with Crippen LogP contribution in [0, 0.1) is 11.3 Å². The summed E-state index contributed by atoms with van der Waals surface area (Å²) < 4.78 is 7.31. The van der Waals surface area contributed by atoms with E-state index >= 15 is 0 Å². The van der Waals surface area contributed by atoms with Crippen LogP contribution in [-0.4, -0.2) is 66.2 Å². The third-order valence-corrected chi connectivity index (χ3v) is 4.74. The molecule has 3 rings (SSSR count). The molecular formula is C19H24N4O2. The van der Waals surface area contributed by atoms with E-state index in [0.29, 0.717) is 25.2 Å². The Bertz CT molecular complexity index is 771. The molecule has 6 heteroatoms. The van der Waals surface area contributed by atoms with Crippen molar-refractivity contribution in [2.24, 2.45) is 7.05 Å². The molecule has 132 valence electrons. The summed E-state index contributed by atoms with van der Waals surface area (Å²) >= 11 is 0. The number of ether oxygens (including phenoxy) is 1. The standard InChI is InChI=1S/C19H24N4O2/c1-21-17-6-3-2-5-16(17)15-18(21)19(24)23(8-4-7-20)10-9-22-11-13-25-14-12-22/h2-3,5-6,15H,4,8-14H2,1H3. The van der Waals surface area contributed by atoms with Gasteiger partial charge in [0.2, 0.25) is 0 Å². The predicted molar refractivity (Wildman–Crippen MR) is 96.3 cm³/mol. The molecule has 1 amide bonds. The summed E-state index contributed by atoms with van der Waals surface area (Å²) in [5.74, 6) is -0.0118. The SMILES string of the molecule is Cn1c(C(=O)N(CCC#N)CCN2CCOCC2)cc2ccccc21. The van der Waals surface area contributed by atoms with Gasteiger partial charge in [0.15, 0.2) is 0 Å². The predicted octanol–water partition coefficient (Wildman–Crippen LogP) is 1.87. The van der Waals surface area contributed by atoms with Gasteiger partial charge in [0.05, 0.1) is 25.7 Å². The molecule has 1 aromatic carbocycles. The molecule has 0 N–H and O–H groups in total. The average Bonchev–Trinajstić information content (AvgIpc) is 2.99. The molecule has 2 heterocycles. The van der Waals surface area contributed by atoms with Gasteiger partial charge in [0, 0.05) is 50.7 Å². The number of para-hydroxylation sites is 1. The fraction of sp³-hybridized carbons (Fsp3) is 0.474. The smallest absolute Gasteiger partial charge is 0.270 e. The molecule has 6 nitrogen and oxygen atoms in total. The van der Waals surface area contributed by atoms with Crippen LogP contribution in [0.25, 0.3) is 10.9 Å². The van der Waals surface area contributed by atoms with E-state index in [-0.39, 0.29) is 5.91 Å². The lowest BCUT2D eigenvalue weighted by Crippen LogP contribution is -2.43. The maximum Gasteiger partial charge on any atom is 0.270 e. The van der Waals surface area contributed by atoms with Crippen molar-refractivity contribution in [1.82, 2.24) is 14.4 Å². The molecule has 1 aromatic heterocycles. The third-order valence-electron chi connectivity index (χ3n) is 4.74. The first kappa shape index (κ1) is 17.5. The van der Waals surface area contributed by atoms with Gasteiger partial charge in [-0.05, 0) is 12.1 Å². The number of morpholine rings is 1. The molecule has 1 fully saturated rings. The molecule has 0 bridgehead atoms. The summed E-state index contributed by atoms with van der Waals surface area (Å²) in [4.78, 5) is 17.2. The number of carbonyl (C=O) groups is 1. The maximum absolute atomic E-state index is 13.1. The number of hydrogen-bond donors (Lipinski definition) is 0. The summed E-state index contributed by atoms with van der Waals surface area (Å²) in [6.07, 6.45) is 0.346. The van der Waals surface area contributed by atoms with Gasteiger partial charge in [-0.3, -0.25) is 9.69 Å². The number of nitriles is 1. The van der Waals surface area contributed by atoms with Gasteiger partial charge < -0.3 is 14.2 Å². The number of aromatic nitrogens is 1. The number of aryl methyl sites for hydroxylation is 1. The van der Waals surface area contributed by atoms with Crippen LogP contribution in [0.1, 0.15) is 16.9 Å². The van der Waals surface area contributed by atoms with Crippen LogP contribution in [-0.2, 0) is 11.8 Å². The van der Waals surface area contributed by atoms with Crippen LogP contribution >= 0.6 is 0 Å². The number of hydrogen-bond acceptors (Lipinski definition) is 4. The maximum atomic E-state index is 13.1. The van der Waals surface area contributed by atoms with E-state index in [1.165, 1.54) is 0 Å². The van der Waals surface area contributed by atoms with E-state index in [0.717, 1.165) is 43.8 Å². The van der Waals surface area contributed by atoms with Crippen LogP contribution in [0.2, 0.25) is 0 Å². The number of amides is 1. The van der Waals surface area contributed by atoms with Gasteiger partial charge >= 0.3 is 0 Å². The highest BCUT2D eigenvalue weighted by Crippen LogP contribution is 2.19. The van der Waals surface area contributed by atoms with E-state index in [4.69, 9.17) is 10.00 Å². The number of benzene rings is 1. The quantitative estimate of drug-likeness (QED) is 0.805. The molecule has 0 saturated carbocycles. The Kier molecular flexibility index (Phi) is 5.69. The monoisotopic (exact) mass is 340 g/mol. The highest BCUT2D eigenvalue weighted by atomic mass is 16.5.